The topological polar surface area (TPSA) is 185 Å². The maximum atomic E-state index is 12.7. The third-order valence-corrected chi connectivity index (χ3v) is 8.91. The second kappa shape index (κ2) is 22.6. The molecule has 6 amide bonds. The van der Waals surface area contributed by atoms with E-state index in [-0.39, 0.29) is 43.1 Å². The minimum Gasteiger partial charge on any atom is -0.450 e. The molecule has 4 unspecified atom stereocenters. The van der Waals surface area contributed by atoms with Crippen molar-refractivity contribution in [2.24, 2.45) is 0 Å². The molecule has 2 aliphatic rings. The first kappa shape index (κ1) is 37.2. The van der Waals surface area contributed by atoms with Gasteiger partial charge < -0.3 is 46.1 Å². The number of ether oxygens (including phenoxy) is 3. The highest BCUT2D eigenvalue weighted by Gasteiger charge is 2.42. The lowest BCUT2D eigenvalue weighted by Gasteiger charge is -2.18. The van der Waals surface area contributed by atoms with Gasteiger partial charge in [0.25, 0.3) is 0 Å². The summed E-state index contributed by atoms with van der Waals surface area (Å²) in [5, 5.41) is 17.5. The minimum atomic E-state index is -0.729. The molecule has 2 fully saturated rings. The molecule has 14 nitrogen and oxygen atoms in total. The summed E-state index contributed by atoms with van der Waals surface area (Å²) in [6.45, 7) is 3.91. The number of carbonyl (C=O) groups excluding carboxylic acids is 5. The number of carbonyl (C=O) groups is 5. The van der Waals surface area contributed by atoms with E-state index >= 15 is 0 Å². The molecule has 6 N–H and O–H groups in total. The van der Waals surface area contributed by atoms with Crippen LogP contribution in [0.3, 0.4) is 0 Å². The van der Waals surface area contributed by atoms with Crippen LogP contribution in [0.4, 0.5) is 14.4 Å². The number of urea groups is 1. The quantitative estimate of drug-likeness (QED) is 0.0716. The number of hydrogen-bond acceptors (Lipinski definition) is 9. The van der Waals surface area contributed by atoms with E-state index in [1.165, 1.54) is 7.11 Å². The Labute approximate surface area is 265 Å². The molecule has 0 bridgehead atoms. The number of methoxy groups -OCH3 is 1. The molecular formula is C29H52N6O8S. The first-order valence-corrected chi connectivity index (χ1v) is 16.9. The van der Waals surface area contributed by atoms with Crippen LogP contribution in [-0.4, -0.2) is 106 Å². The van der Waals surface area contributed by atoms with Gasteiger partial charge in [0.1, 0.15) is 12.6 Å². The van der Waals surface area contributed by atoms with Crippen molar-refractivity contribution < 1.29 is 38.2 Å². The molecule has 2 saturated heterocycles. The second-order valence-corrected chi connectivity index (χ2v) is 12.2. The predicted octanol–water partition coefficient (Wildman–Crippen LogP) is 2.16. The van der Waals surface area contributed by atoms with E-state index in [9.17, 15) is 24.0 Å². The molecule has 2 heterocycles. The summed E-state index contributed by atoms with van der Waals surface area (Å²) in [6, 6.07) is -0.354. The average Bonchev–Trinajstić information content (AvgIpc) is 3.55. The summed E-state index contributed by atoms with van der Waals surface area (Å²) in [5.41, 5.74) is 0. The molecule has 0 aliphatic carbocycles. The van der Waals surface area contributed by atoms with Crippen LogP contribution in [0.15, 0.2) is 0 Å². The van der Waals surface area contributed by atoms with Crippen LogP contribution in [0.1, 0.15) is 77.6 Å². The van der Waals surface area contributed by atoms with Gasteiger partial charge in [-0.25, -0.2) is 14.4 Å². The predicted molar refractivity (Wildman–Crippen MR) is 167 cm³/mol. The first-order valence-electron chi connectivity index (χ1n) is 15.9. The molecule has 0 spiro atoms. The van der Waals surface area contributed by atoms with Crippen molar-refractivity contribution in [2.75, 3.05) is 52.3 Å². The molecule has 0 aromatic rings. The molecule has 0 radical (unpaired) electrons. The van der Waals surface area contributed by atoms with Gasteiger partial charge in [0.05, 0.1) is 25.3 Å². The van der Waals surface area contributed by atoms with Crippen molar-refractivity contribution in [3.05, 3.63) is 0 Å². The fourth-order valence-electron chi connectivity index (χ4n) is 5.05. The molecule has 44 heavy (non-hydrogen) atoms. The molecule has 15 heteroatoms. The Balaban J connectivity index is 1.48. The van der Waals surface area contributed by atoms with E-state index in [1.54, 1.807) is 6.92 Å². The van der Waals surface area contributed by atoms with Crippen molar-refractivity contribution in [3.63, 3.8) is 0 Å². The average molecular weight is 645 g/mol. The fourth-order valence-corrected chi connectivity index (χ4v) is 6.59. The Morgan fingerprint density at radius 2 is 1.59 bits per heavy atom. The van der Waals surface area contributed by atoms with Crippen LogP contribution < -0.4 is 31.9 Å². The van der Waals surface area contributed by atoms with Crippen LogP contribution in [0.5, 0.6) is 0 Å². The Hall–Kier alpha value is -2.94. The zero-order valence-electron chi connectivity index (χ0n) is 26.2. The number of fused-ring (bicyclic) bond motifs is 1. The number of nitrogens with one attached hydrogen (secondary N) is 6. The lowest BCUT2D eigenvalue weighted by atomic mass is 10.0. The van der Waals surface area contributed by atoms with Gasteiger partial charge in [0.2, 0.25) is 11.8 Å². The summed E-state index contributed by atoms with van der Waals surface area (Å²) < 4.78 is 14.7. The molecule has 0 saturated carbocycles. The zero-order valence-corrected chi connectivity index (χ0v) is 27.0. The molecule has 0 aromatic carbocycles. The van der Waals surface area contributed by atoms with Gasteiger partial charge in [-0.2, -0.15) is 11.8 Å². The maximum absolute atomic E-state index is 12.7. The number of hydrogen-bond donors (Lipinski definition) is 6. The Bertz CT molecular complexity index is 898. The third kappa shape index (κ3) is 15.7. The van der Waals surface area contributed by atoms with Crippen molar-refractivity contribution in [2.45, 2.75) is 101 Å². The van der Waals surface area contributed by atoms with Gasteiger partial charge in [-0.3, -0.25) is 9.59 Å². The number of amides is 6. The van der Waals surface area contributed by atoms with Gasteiger partial charge >= 0.3 is 18.2 Å². The van der Waals surface area contributed by atoms with Gasteiger partial charge in [-0.05, 0) is 51.9 Å². The smallest absolute Gasteiger partial charge is 0.407 e. The van der Waals surface area contributed by atoms with E-state index in [2.05, 4.69) is 31.9 Å². The van der Waals surface area contributed by atoms with Crippen LogP contribution in [0.25, 0.3) is 0 Å². The second-order valence-electron chi connectivity index (χ2n) is 10.9. The Kier molecular flexibility index (Phi) is 19.1. The molecule has 0 aromatic heterocycles. The number of alkyl carbamates (subject to hydrolysis) is 2. The monoisotopic (exact) mass is 644 g/mol. The summed E-state index contributed by atoms with van der Waals surface area (Å²) in [4.78, 5) is 59.8. The molecular weight excluding hydrogens is 592 g/mol. The lowest BCUT2D eigenvalue weighted by molar-refractivity contribution is -0.123. The molecule has 4 atom stereocenters. The number of thioether (sulfide) groups is 1. The van der Waals surface area contributed by atoms with Gasteiger partial charge in [-0.1, -0.05) is 19.3 Å². The van der Waals surface area contributed by atoms with Crippen molar-refractivity contribution >= 4 is 41.8 Å². The first-order chi connectivity index (χ1) is 21.3. The Morgan fingerprint density at radius 1 is 0.864 bits per heavy atom. The molecule has 2 rings (SSSR count). The highest BCUT2D eigenvalue weighted by molar-refractivity contribution is 8.00. The highest BCUT2D eigenvalue weighted by atomic mass is 32.2. The van der Waals surface area contributed by atoms with E-state index in [1.807, 2.05) is 11.8 Å². The maximum Gasteiger partial charge on any atom is 0.407 e. The zero-order chi connectivity index (χ0) is 32.0. The summed E-state index contributed by atoms with van der Waals surface area (Å²) >= 11 is 1.89. The van der Waals surface area contributed by atoms with E-state index in [4.69, 9.17) is 14.2 Å². The van der Waals surface area contributed by atoms with Crippen LogP contribution in [0, 0.1) is 0 Å². The number of rotatable bonds is 23. The summed E-state index contributed by atoms with van der Waals surface area (Å²) in [6.07, 6.45) is 7.29. The summed E-state index contributed by atoms with van der Waals surface area (Å²) in [7, 11) is 1.52. The van der Waals surface area contributed by atoms with E-state index in [0.29, 0.717) is 57.2 Å². The van der Waals surface area contributed by atoms with E-state index < -0.39 is 18.2 Å². The van der Waals surface area contributed by atoms with Crippen molar-refractivity contribution in [1.82, 2.24) is 31.9 Å². The largest absolute Gasteiger partial charge is 0.450 e. The van der Waals surface area contributed by atoms with E-state index in [0.717, 1.165) is 50.7 Å². The SMILES string of the molecule is CCOC(=O)NC(CCCCNC(=O)OCCOC)C(=O)NCCCCCCNC(=O)CCCCC1SCC2NC(=O)NC21. The third-order valence-electron chi connectivity index (χ3n) is 7.40. The highest BCUT2D eigenvalue weighted by Crippen LogP contribution is 2.33. The van der Waals surface area contributed by atoms with Crippen molar-refractivity contribution in [1.29, 1.82) is 0 Å². The van der Waals surface area contributed by atoms with Gasteiger partial charge in [0.15, 0.2) is 0 Å². The summed E-state index contributed by atoms with van der Waals surface area (Å²) in [5.74, 6) is 0.751. The minimum absolute atomic E-state index is 0.0699. The normalized spacial score (nSPS) is 19.2. The lowest BCUT2D eigenvalue weighted by Crippen LogP contribution is -2.47. The Morgan fingerprint density at radius 3 is 2.34 bits per heavy atom. The standard InChI is InChI=1S/C29H52N6O8S/c1-3-42-29(40)34-21(12-8-11-17-32-28(39)43-19-18-41-2)26(37)31-16-10-5-4-9-15-30-24(36)14-7-6-13-23-25-22(20-44-23)33-27(38)35-25/h21-23,25H,3-20H2,1-2H3,(H,30,36)(H,31,37)(H,32,39)(H,34,40)(H2,33,35,38). The van der Waals surface area contributed by atoms with Crippen LogP contribution in [-0.2, 0) is 23.8 Å². The van der Waals surface area contributed by atoms with Crippen LogP contribution >= 0.6 is 11.8 Å². The van der Waals surface area contributed by atoms with Gasteiger partial charge in [0, 0.05) is 44.2 Å². The molecule has 252 valence electrons. The number of unbranched alkanes of at least 4 members (excludes halogenated alkanes) is 5. The van der Waals surface area contributed by atoms with Gasteiger partial charge in [-0.15, -0.1) is 0 Å². The van der Waals surface area contributed by atoms with Crippen molar-refractivity contribution in [3.8, 4) is 0 Å². The van der Waals surface area contributed by atoms with Crippen LogP contribution in [0.2, 0.25) is 0 Å². The fraction of sp³-hybridized carbons (Fsp3) is 0.828. The molecule has 2 aliphatic heterocycles.